The van der Waals surface area contributed by atoms with Crippen LogP contribution in [-0.4, -0.2) is 7.85 Å². The largest absolute Gasteiger partial charge is 0.0854 e. The van der Waals surface area contributed by atoms with Gasteiger partial charge in [0.05, 0.1) is 7.85 Å². The van der Waals surface area contributed by atoms with Crippen LogP contribution in [0.4, 0.5) is 0 Å². The van der Waals surface area contributed by atoms with Gasteiger partial charge in [-0.1, -0.05) is 53.3 Å². The zero-order valence-electron chi connectivity index (χ0n) is 18.4. The van der Waals surface area contributed by atoms with Crippen LogP contribution in [0.25, 0.3) is 0 Å². The highest BCUT2D eigenvalue weighted by atomic mass is 14.8. The second-order valence-electron chi connectivity index (χ2n) is 11.8. The lowest BCUT2D eigenvalue weighted by Gasteiger charge is -2.83. The van der Waals surface area contributed by atoms with Crippen molar-refractivity contribution >= 4 is 7.85 Å². The maximum Gasteiger partial charge on any atom is 0.0657 e. The number of fused-ring (bicyclic) bond motifs is 7. The first-order chi connectivity index (χ1) is 13.1. The van der Waals surface area contributed by atoms with E-state index in [2.05, 4.69) is 27.7 Å². The molecule has 0 saturated heterocycles. The highest BCUT2D eigenvalue weighted by Gasteiger charge is 2.77. The van der Waals surface area contributed by atoms with Crippen LogP contribution in [-0.2, 0) is 0 Å². The maximum absolute atomic E-state index is 6.17. The third kappa shape index (κ3) is 2.61. The second kappa shape index (κ2) is 7.09. The molecule has 0 aromatic carbocycles. The standard InChI is InChI=1S/C26H43B/c1-5-14(3)7-8-16-11-15(4)19(16)10-9-17-12-20-22(17)26-24(20)23-18(6-2)21(13-27)25(23)26/h14-26H,5-13H2,1-4H3. The van der Waals surface area contributed by atoms with Gasteiger partial charge >= 0.3 is 0 Å². The molecule has 5 rings (SSSR count). The number of rotatable bonds is 9. The van der Waals surface area contributed by atoms with Gasteiger partial charge in [0, 0.05) is 0 Å². The number of hydrogen-bond donors (Lipinski definition) is 0. The Hall–Kier alpha value is 0.0649. The minimum absolute atomic E-state index is 0.903. The SMILES string of the molecule is [B]CC1C(CC)C2C1C1C3C(CCC4C(C)CC4CCC(C)CC)CC3C21. The molecule has 0 aromatic rings. The van der Waals surface area contributed by atoms with Gasteiger partial charge in [0.2, 0.25) is 0 Å². The fourth-order valence-corrected chi connectivity index (χ4v) is 9.49. The third-order valence-corrected chi connectivity index (χ3v) is 11.2. The summed E-state index contributed by atoms with van der Waals surface area (Å²) in [5, 5.41) is 0. The molecule has 5 aliphatic rings. The van der Waals surface area contributed by atoms with Gasteiger partial charge in [0.25, 0.3) is 0 Å². The first kappa shape index (κ1) is 19.1. The molecular weight excluding hydrogens is 323 g/mol. The van der Waals surface area contributed by atoms with Crippen LogP contribution in [0.1, 0.15) is 79.1 Å². The summed E-state index contributed by atoms with van der Waals surface area (Å²) in [6.07, 6.45) is 13.0. The highest BCUT2D eigenvalue weighted by molar-refractivity contribution is 6.08. The summed E-state index contributed by atoms with van der Waals surface area (Å²) >= 11 is 0. The van der Waals surface area contributed by atoms with Gasteiger partial charge in [-0.15, -0.1) is 0 Å². The maximum atomic E-state index is 6.17. The van der Waals surface area contributed by atoms with Gasteiger partial charge in [0.15, 0.2) is 0 Å². The van der Waals surface area contributed by atoms with Crippen LogP contribution in [0.3, 0.4) is 0 Å². The summed E-state index contributed by atoms with van der Waals surface area (Å²) in [4.78, 5) is 0. The van der Waals surface area contributed by atoms with Crippen molar-refractivity contribution in [3.63, 3.8) is 0 Å². The molecule has 0 N–H and O–H groups in total. The highest BCUT2D eigenvalue weighted by Crippen LogP contribution is 2.82. The van der Waals surface area contributed by atoms with Gasteiger partial charge in [0.1, 0.15) is 0 Å². The van der Waals surface area contributed by atoms with Crippen LogP contribution < -0.4 is 0 Å². The van der Waals surface area contributed by atoms with Crippen molar-refractivity contribution in [3.8, 4) is 0 Å². The molecule has 0 amide bonds. The Balaban J connectivity index is 1.10. The Labute approximate surface area is 170 Å². The molecule has 0 nitrogen and oxygen atoms in total. The molecule has 13 atom stereocenters. The average molecular weight is 366 g/mol. The zero-order chi connectivity index (χ0) is 18.9. The van der Waals surface area contributed by atoms with Crippen molar-refractivity contribution in [1.29, 1.82) is 0 Å². The van der Waals surface area contributed by atoms with Crippen molar-refractivity contribution in [2.45, 2.75) is 85.4 Å². The molecule has 5 fully saturated rings. The molecule has 27 heavy (non-hydrogen) atoms. The van der Waals surface area contributed by atoms with E-state index in [0.717, 1.165) is 83.3 Å². The minimum Gasteiger partial charge on any atom is -0.0854 e. The molecule has 0 aromatic heterocycles. The van der Waals surface area contributed by atoms with Crippen LogP contribution in [0, 0.1) is 76.9 Å². The van der Waals surface area contributed by atoms with E-state index in [-0.39, 0.29) is 0 Å². The molecule has 0 heterocycles. The molecule has 0 spiro atoms. The number of hydrogen-bond acceptors (Lipinski definition) is 0. The van der Waals surface area contributed by atoms with E-state index in [0.29, 0.717) is 0 Å². The Morgan fingerprint density at radius 1 is 0.815 bits per heavy atom. The van der Waals surface area contributed by atoms with E-state index >= 15 is 0 Å². The van der Waals surface area contributed by atoms with E-state index in [1.807, 2.05) is 0 Å². The molecule has 2 radical (unpaired) electrons. The molecule has 13 unspecified atom stereocenters. The summed E-state index contributed by atoms with van der Waals surface area (Å²) in [5.41, 5.74) is 0. The Morgan fingerprint density at radius 2 is 1.59 bits per heavy atom. The molecule has 1 heteroatoms. The summed E-state index contributed by atoms with van der Waals surface area (Å²) < 4.78 is 0. The zero-order valence-corrected chi connectivity index (χ0v) is 18.4. The van der Waals surface area contributed by atoms with Crippen molar-refractivity contribution in [3.05, 3.63) is 0 Å². The second-order valence-corrected chi connectivity index (χ2v) is 11.8. The first-order valence-electron chi connectivity index (χ1n) is 12.8. The molecule has 0 aliphatic heterocycles. The van der Waals surface area contributed by atoms with Crippen LogP contribution in [0.2, 0.25) is 6.32 Å². The van der Waals surface area contributed by atoms with Crippen LogP contribution in [0.5, 0.6) is 0 Å². The van der Waals surface area contributed by atoms with E-state index in [9.17, 15) is 0 Å². The molecule has 5 aliphatic carbocycles. The van der Waals surface area contributed by atoms with Gasteiger partial charge in [-0.05, 0) is 109 Å². The lowest BCUT2D eigenvalue weighted by molar-refractivity contribution is -0.352. The van der Waals surface area contributed by atoms with Gasteiger partial charge in [-0.2, -0.15) is 0 Å². The predicted molar refractivity (Wildman–Crippen MR) is 116 cm³/mol. The molecule has 150 valence electrons. The quantitative estimate of drug-likeness (QED) is 0.391. The normalized spacial score (nSPS) is 55.4. The smallest absolute Gasteiger partial charge is 0.0657 e. The van der Waals surface area contributed by atoms with Crippen molar-refractivity contribution in [1.82, 2.24) is 0 Å². The molecule has 0 bridgehead atoms. The fraction of sp³-hybridized carbons (Fsp3) is 1.00. The molecule has 5 saturated carbocycles. The third-order valence-electron chi connectivity index (χ3n) is 11.2. The van der Waals surface area contributed by atoms with Crippen molar-refractivity contribution < 1.29 is 0 Å². The first-order valence-corrected chi connectivity index (χ1v) is 12.8. The lowest BCUT2D eigenvalue weighted by Crippen LogP contribution is -2.78. The monoisotopic (exact) mass is 366 g/mol. The fourth-order valence-electron chi connectivity index (χ4n) is 9.49. The Morgan fingerprint density at radius 3 is 2.26 bits per heavy atom. The predicted octanol–water partition coefficient (Wildman–Crippen LogP) is 6.85. The lowest BCUT2D eigenvalue weighted by atomic mass is 9.21. The minimum atomic E-state index is 0.903. The van der Waals surface area contributed by atoms with Gasteiger partial charge in [-0.3, -0.25) is 0 Å². The van der Waals surface area contributed by atoms with E-state index in [4.69, 9.17) is 7.85 Å². The average Bonchev–Trinajstić information content (AvgIpc) is 2.63. The summed E-state index contributed by atoms with van der Waals surface area (Å²) in [7, 11) is 6.17. The summed E-state index contributed by atoms with van der Waals surface area (Å²) in [6, 6.07) is 0. The molecular formula is C26H43B. The van der Waals surface area contributed by atoms with Gasteiger partial charge in [-0.25, -0.2) is 0 Å². The van der Waals surface area contributed by atoms with Gasteiger partial charge < -0.3 is 0 Å². The van der Waals surface area contributed by atoms with E-state index < -0.39 is 0 Å². The van der Waals surface area contributed by atoms with Crippen LogP contribution >= 0.6 is 0 Å². The van der Waals surface area contributed by atoms with Crippen LogP contribution in [0.15, 0.2) is 0 Å². The topological polar surface area (TPSA) is 0 Å². The summed E-state index contributed by atoms with van der Waals surface area (Å²) in [5.74, 6) is 13.9. The van der Waals surface area contributed by atoms with E-state index in [1.165, 1.54) is 32.1 Å². The van der Waals surface area contributed by atoms with Crippen molar-refractivity contribution in [2.24, 2.45) is 76.9 Å². The summed E-state index contributed by atoms with van der Waals surface area (Å²) in [6.45, 7) is 9.75. The van der Waals surface area contributed by atoms with Crippen molar-refractivity contribution in [2.75, 3.05) is 0 Å². The Bertz CT molecular complexity index is 542. The Kier molecular flexibility index (Phi) is 5.00. The van der Waals surface area contributed by atoms with E-state index in [1.54, 1.807) is 19.3 Å².